The van der Waals surface area contributed by atoms with Crippen LogP contribution in [0, 0.1) is 5.92 Å². The molecule has 0 aliphatic carbocycles. The number of ketones is 1. The van der Waals surface area contributed by atoms with Crippen LogP contribution in [0.15, 0.2) is 0 Å². The Bertz CT molecular complexity index is 209. The van der Waals surface area contributed by atoms with Crippen LogP contribution >= 0.6 is 0 Å². The van der Waals surface area contributed by atoms with Crippen molar-refractivity contribution in [2.75, 3.05) is 6.61 Å². The molecule has 0 saturated carbocycles. The molecule has 0 aromatic heterocycles. The molecule has 0 aromatic rings. The zero-order chi connectivity index (χ0) is 12.4. The van der Waals surface area contributed by atoms with Gasteiger partial charge in [0.25, 0.3) is 0 Å². The number of hydrogen-bond acceptors (Lipinski definition) is 3. The van der Waals surface area contributed by atoms with Gasteiger partial charge in [0.05, 0.1) is 13.0 Å². The minimum absolute atomic E-state index is 0.0360. The summed E-state index contributed by atoms with van der Waals surface area (Å²) in [7, 11) is 0. The third-order valence-electron chi connectivity index (χ3n) is 2.37. The number of ether oxygens (including phenoxy) is 1. The summed E-state index contributed by atoms with van der Waals surface area (Å²) in [6.45, 7) is 6.40. The summed E-state index contributed by atoms with van der Waals surface area (Å²) in [4.78, 5) is 21.7. The minimum atomic E-state index is -0.251. The smallest absolute Gasteiger partial charge is 0.306 e. The zero-order valence-corrected chi connectivity index (χ0v) is 10.8. The first kappa shape index (κ1) is 15.1. The molecule has 16 heavy (non-hydrogen) atoms. The lowest BCUT2D eigenvalue weighted by Gasteiger charge is -2.05. The molecule has 0 atom stereocenters. The Labute approximate surface area is 98.6 Å². The van der Waals surface area contributed by atoms with Crippen LogP contribution in [-0.4, -0.2) is 18.4 Å². The highest BCUT2D eigenvalue weighted by molar-refractivity contribution is 5.80. The maximum Gasteiger partial charge on any atom is 0.306 e. The first-order valence-corrected chi connectivity index (χ1v) is 6.17. The van der Waals surface area contributed by atoms with Gasteiger partial charge >= 0.3 is 5.97 Å². The van der Waals surface area contributed by atoms with Gasteiger partial charge in [-0.3, -0.25) is 4.79 Å². The minimum Gasteiger partial charge on any atom is -0.466 e. The van der Waals surface area contributed by atoms with E-state index in [1.807, 2.05) is 0 Å². The summed E-state index contributed by atoms with van der Waals surface area (Å²) in [5.41, 5.74) is 0. The number of Topliss-reactive ketones (excluding diaryl/α,β-unsaturated/α-hetero) is 1. The number of esters is 1. The molecule has 0 radical (unpaired) electrons. The predicted octanol–water partition coefficient (Wildman–Crippen LogP) is 3.12. The van der Waals surface area contributed by atoms with E-state index in [2.05, 4.69) is 13.8 Å². The van der Waals surface area contributed by atoms with E-state index in [9.17, 15) is 9.59 Å². The number of hydrogen-bond donors (Lipinski definition) is 0. The summed E-state index contributed by atoms with van der Waals surface area (Å²) >= 11 is 0. The lowest BCUT2D eigenvalue weighted by Crippen LogP contribution is -2.07. The Balaban J connectivity index is 3.24. The summed E-state index contributed by atoms with van der Waals surface area (Å²) in [6.07, 6.45) is 4.99. The van der Waals surface area contributed by atoms with Gasteiger partial charge in [0.2, 0.25) is 0 Å². The molecule has 0 bridgehead atoms. The molecule has 0 unspecified atom stereocenters. The van der Waals surface area contributed by atoms with E-state index < -0.39 is 0 Å². The molecule has 0 saturated heterocycles. The van der Waals surface area contributed by atoms with Gasteiger partial charge in [-0.2, -0.15) is 0 Å². The average molecular weight is 228 g/mol. The van der Waals surface area contributed by atoms with Gasteiger partial charge in [-0.1, -0.05) is 33.1 Å². The molecular formula is C13H24O3. The number of carbonyl (C=O) groups excluding carboxylic acids is 2. The molecule has 94 valence electrons. The van der Waals surface area contributed by atoms with Gasteiger partial charge < -0.3 is 9.53 Å². The Morgan fingerprint density at radius 3 is 2.31 bits per heavy atom. The van der Waals surface area contributed by atoms with Crippen molar-refractivity contribution in [2.24, 2.45) is 5.92 Å². The van der Waals surface area contributed by atoms with E-state index in [1.165, 1.54) is 19.8 Å². The van der Waals surface area contributed by atoms with Crippen molar-refractivity contribution < 1.29 is 14.3 Å². The first-order chi connectivity index (χ1) is 7.52. The van der Waals surface area contributed by atoms with Gasteiger partial charge in [0.15, 0.2) is 0 Å². The Hall–Kier alpha value is -0.860. The van der Waals surface area contributed by atoms with Crippen LogP contribution in [-0.2, 0) is 14.3 Å². The molecule has 3 nitrogen and oxygen atoms in total. The normalized spacial score (nSPS) is 10.5. The van der Waals surface area contributed by atoms with Crippen LogP contribution in [0.1, 0.15) is 59.3 Å². The Morgan fingerprint density at radius 2 is 1.75 bits per heavy atom. The van der Waals surface area contributed by atoms with Crippen LogP contribution in [0.2, 0.25) is 0 Å². The monoisotopic (exact) mass is 228 g/mol. The van der Waals surface area contributed by atoms with Crippen molar-refractivity contribution in [2.45, 2.75) is 59.3 Å². The fourth-order valence-corrected chi connectivity index (χ4v) is 1.37. The molecule has 0 aromatic carbocycles. The summed E-state index contributed by atoms with van der Waals surface area (Å²) < 4.78 is 5.01. The van der Waals surface area contributed by atoms with E-state index in [1.54, 1.807) is 0 Å². The largest absolute Gasteiger partial charge is 0.466 e. The maximum atomic E-state index is 11.1. The van der Waals surface area contributed by atoms with Gasteiger partial charge in [-0.15, -0.1) is 0 Å². The van der Waals surface area contributed by atoms with Gasteiger partial charge in [-0.05, 0) is 19.3 Å². The molecule has 0 amide bonds. The van der Waals surface area contributed by atoms with Crippen molar-refractivity contribution in [1.29, 1.82) is 0 Å². The first-order valence-electron chi connectivity index (χ1n) is 6.17. The van der Waals surface area contributed by atoms with Crippen molar-refractivity contribution in [3.05, 3.63) is 0 Å². The van der Waals surface area contributed by atoms with E-state index in [0.29, 0.717) is 13.0 Å². The molecule has 0 aliphatic heterocycles. The second kappa shape index (κ2) is 9.37. The quantitative estimate of drug-likeness (QED) is 0.450. The summed E-state index contributed by atoms with van der Waals surface area (Å²) in [6, 6.07) is 0. The highest BCUT2D eigenvalue weighted by Crippen LogP contribution is 2.08. The number of carbonyl (C=O) groups is 2. The SMILES string of the molecule is CC(=O)CCC(=O)OCCCCCC(C)C. The van der Waals surface area contributed by atoms with Crippen LogP contribution in [0.25, 0.3) is 0 Å². The maximum absolute atomic E-state index is 11.1. The lowest BCUT2D eigenvalue weighted by molar-refractivity contribution is -0.144. The van der Waals surface area contributed by atoms with E-state index >= 15 is 0 Å². The highest BCUT2D eigenvalue weighted by atomic mass is 16.5. The van der Waals surface area contributed by atoms with Crippen molar-refractivity contribution in [1.82, 2.24) is 0 Å². The fraction of sp³-hybridized carbons (Fsp3) is 0.846. The summed E-state index contributed by atoms with van der Waals surface area (Å²) in [5, 5.41) is 0. The van der Waals surface area contributed by atoms with Crippen molar-refractivity contribution >= 4 is 11.8 Å². The second-order valence-corrected chi connectivity index (χ2v) is 4.67. The third kappa shape index (κ3) is 11.2. The molecule has 0 aliphatic rings. The molecule has 3 heteroatoms. The molecule has 0 spiro atoms. The highest BCUT2D eigenvalue weighted by Gasteiger charge is 2.04. The standard InChI is InChI=1S/C13H24O3/c1-11(2)7-5-4-6-10-16-13(15)9-8-12(3)14/h11H,4-10H2,1-3H3. The average Bonchev–Trinajstić information content (AvgIpc) is 2.19. The van der Waals surface area contributed by atoms with E-state index in [0.717, 1.165) is 18.8 Å². The van der Waals surface area contributed by atoms with Crippen LogP contribution in [0.5, 0.6) is 0 Å². The van der Waals surface area contributed by atoms with Gasteiger partial charge in [0.1, 0.15) is 5.78 Å². The number of unbranched alkanes of at least 4 members (excludes halogenated alkanes) is 2. The van der Waals surface area contributed by atoms with Crippen LogP contribution < -0.4 is 0 Å². The zero-order valence-electron chi connectivity index (χ0n) is 10.8. The molecule has 0 N–H and O–H groups in total. The van der Waals surface area contributed by atoms with E-state index in [-0.39, 0.29) is 18.2 Å². The Kier molecular flexibility index (Phi) is 8.87. The van der Waals surface area contributed by atoms with Gasteiger partial charge in [0, 0.05) is 6.42 Å². The Morgan fingerprint density at radius 1 is 1.06 bits per heavy atom. The van der Waals surface area contributed by atoms with Crippen molar-refractivity contribution in [3.8, 4) is 0 Å². The number of rotatable bonds is 9. The summed E-state index contributed by atoms with van der Waals surface area (Å²) in [5.74, 6) is 0.533. The van der Waals surface area contributed by atoms with Gasteiger partial charge in [-0.25, -0.2) is 0 Å². The topological polar surface area (TPSA) is 43.4 Å². The second-order valence-electron chi connectivity index (χ2n) is 4.67. The predicted molar refractivity (Wildman–Crippen MR) is 64.2 cm³/mol. The fourth-order valence-electron chi connectivity index (χ4n) is 1.37. The van der Waals surface area contributed by atoms with Crippen LogP contribution in [0.3, 0.4) is 0 Å². The molecule has 0 fully saturated rings. The van der Waals surface area contributed by atoms with Crippen LogP contribution in [0.4, 0.5) is 0 Å². The molecular weight excluding hydrogens is 204 g/mol. The third-order valence-corrected chi connectivity index (χ3v) is 2.37. The molecule has 0 rings (SSSR count). The van der Waals surface area contributed by atoms with Crippen molar-refractivity contribution in [3.63, 3.8) is 0 Å². The molecule has 0 heterocycles. The lowest BCUT2D eigenvalue weighted by atomic mass is 10.1. The van der Waals surface area contributed by atoms with E-state index in [4.69, 9.17) is 4.74 Å².